The first kappa shape index (κ1) is 23.0. The molecule has 4 rings (SSSR count). The second kappa shape index (κ2) is 9.77. The Balaban J connectivity index is 1.65. The molecule has 1 aliphatic heterocycles. The quantitative estimate of drug-likeness (QED) is 0.680. The molecule has 6 nitrogen and oxygen atoms in total. The molecule has 0 saturated carbocycles. The van der Waals surface area contributed by atoms with E-state index in [4.69, 9.17) is 0 Å². The number of benzene rings is 2. The minimum Gasteiger partial charge on any atom is -0.342 e. The van der Waals surface area contributed by atoms with E-state index in [0.717, 1.165) is 31.2 Å². The SMILES string of the molecule is CCC(CC)C1C(=O)NC(C2Cc3ccccc3C2)C(=O)N1Cc1ccccc1NC(C)=O. The number of fused-ring (bicyclic) bond motifs is 1. The van der Waals surface area contributed by atoms with Crippen molar-refractivity contribution in [2.24, 2.45) is 11.8 Å². The van der Waals surface area contributed by atoms with Crippen molar-refractivity contribution >= 4 is 23.4 Å². The van der Waals surface area contributed by atoms with Gasteiger partial charge < -0.3 is 15.5 Å². The fraction of sp³-hybridized carbons (Fsp3) is 0.444. The first-order valence-electron chi connectivity index (χ1n) is 12.0. The van der Waals surface area contributed by atoms with Crippen LogP contribution in [0.25, 0.3) is 0 Å². The molecule has 2 aromatic carbocycles. The molecule has 33 heavy (non-hydrogen) atoms. The summed E-state index contributed by atoms with van der Waals surface area (Å²) in [6.45, 7) is 5.89. The van der Waals surface area contributed by atoms with Crippen LogP contribution in [0.5, 0.6) is 0 Å². The molecule has 2 unspecified atom stereocenters. The number of amides is 3. The first-order valence-corrected chi connectivity index (χ1v) is 12.0. The predicted octanol–water partition coefficient (Wildman–Crippen LogP) is 3.69. The summed E-state index contributed by atoms with van der Waals surface area (Å²) < 4.78 is 0. The summed E-state index contributed by atoms with van der Waals surface area (Å²) in [6.07, 6.45) is 3.20. The van der Waals surface area contributed by atoms with Crippen LogP contribution in [0.15, 0.2) is 48.5 Å². The van der Waals surface area contributed by atoms with E-state index in [9.17, 15) is 14.4 Å². The highest BCUT2D eigenvalue weighted by Gasteiger charge is 2.47. The minimum absolute atomic E-state index is 0.0260. The summed E-state index contributed by atoms with van der Waals surface area (Å²) in [7, 11) is 0. The van der Waals surface area contributed by atoms with Crippen molar-refractivity contribution in [3.63, 3.8) is 0 Å². The van der Waals surface area contributed by atoms with Gasteiger partial charge in [-0.25, -0.2) is 0 Å². The molecule has 0 spiro atoms. The van der Waals surface area contributed by atoms with E-state index < -0.39 is 12.1 Å². The molecule has 1 aliphatic carbocycles. The lowest BCUT2D eigenvalue weighted by atomic mass is 9.86. The predicted molar refractivity (Wildman–Crippen MR) is 128 cm³/mol. The van der Waals surface area contributed by atoms with E-state index in [1.807, 2.05) is 36.4 Å². The van der Waals surface area contributed by atoms with Gasteiger partial charge in [-0.1, -0.05) is 69.2 Å². The Morgan fingerprint density at radius 3 is 2.24 bits per heavy atom. The van der Waals surface area contributed by atoms with E-state index >= 15 is 0 Å². The summed E-state index contributed by atoms with van der Waals surface area (Å²) in [6, 6.07) is 14.7. The maximum absolute atomic E-state index is 13.9. The molecule has 174 valence electrons. The number of nitrogens with one attached hydrogen (secondary N) is 2. The lowest BCUT2D eigenvalue weighted by Gasteiger charge is -2.44. The van der Waals surface area contributed by atoms with Gasteiger partial charge in [0.15, 0.2) is 0 Å². The lowest BCUT2D eigenvalue weighted by molar-refractivity contribution is -0.154. The van der Waals surface area contributed by atoms with Crippen molar-refractivity contribution in [2.45, 2.75) is 65.1 Å². The molecular weight excluding hydrogens is 414 g/mol. The first-order chi connectivity index (χ1) is 15.9. The fourth-order valence-electron chi connectivity index (χ4n) is 5.44. The number of hydrogen-bond acceptors (Lipinski definition) is 3. The number of carbonyl (C=O) groups excluding carboxylic acids is 3. The molecule has 1 fully saturated rings. The van der Waals surface area contributed by atoms with Gasteiger partial charge in [0.25, 0.3) is 0 Å². The van der Waals surface area contributed by atoms with Crippen LogP contribution in [-0.4, -0.2) is 34.7 Å². The Kier molecular flexibility index (Phi) is 6.82. The monoisotopic (exact) mass is 447 g/mol. The maximum atomic E-state index is 13.9. The molecule has 1 heterocycles. The van der Waals surface area contributed by atoms with Gasteiger partial charge in [-0.15, -0.1) is 0 Å². The van der Waals surface area contributed by atoms with Gasteiger partial charge in [0.2, 0.25) is 17.7 Å². The number of rotatable bonds is 7. The highest BCUT2D eigenvalue weighted by atomic mass is 16.2. The van der Waals surface area contributed by atoms with Gasteiger partial charge in [-0.3, -0.25) is 14.4 Å². The van der Waals surface area contributed by atoms with E-state index in [1.54, 1.807) is 4.90 Å². The molecule has 3 amide bonds. The van der Waals surface area contributed by atoms with Gasteiger partial charge in [0.05, 0.1) is 0 Å². The molecule has 1 saturated heterocycles. The Labute approximate surface area is 195 Å². The van der Waals surface area contributed by atoms with Crippen LogP contribution in [0.2, 0.25) is 0 Å². The number of para-hydroxylation sites is 1. The zero-order chi connectivity index (χ0) is 23.5. The number of anilines is 1. The Hall–Kier alpha value is -3.15. The van der Waals surface area contributed by atoms with Crippen molar-refractivity contribution in [3.8, 4) is 0 Å². The smallest absolute Gasteiger partial charge is 0.246 e. The largest absolute Gasteiger partial charge is 0.342 e. The zero-order valence-corrected chi connectivity index (χ0v) is 19.6. The number of nitrogens with zero attached hydrogens (tertiary/aromatic N) is 1. The van der Waals surface area contributed by atoms with Crippen LogP contribution >= 0.6 is 0 Å². The molecular formula is C27H33N3O3. The van der Waals surface area contributed by atoms with E-state index in [0.29, 0.717) is 12.2 Å². The van der Waals surface area contributed by atoms with Gasteiger partial charge in [0, 0.05) is 19.2 Å². The lowest BCUT2D eigenvalue weighted by Crippen LogP contribution is -2.66. The topological polar surface area (TPSA) is 78.5 Å². The normalized spacial score (nSPS) is 20.7. The highest BCUT2D eigenvalue weighted by Crippen LogP contribution is 2.33. The summed E-state index contributed by atoms with van der Waals surface area (Å²) in [5.41, 5.74) is 4.03. The van der Waals surface area contributed by atoms with Crippen LogP contribution in [0.4, 0.5) is 5.69 Å². The number of carbonyl (C=O) groups is 3. The third-order valence-corrected chi connectivity index (χ3v) is 7.17. The zero-order valence-electron chi connectivity index (χ0n) is 19.6. The van der Waals surface area contributed by atoms with Crippen molar-refractivity contribution < 1.29 is 14.4 Å². The summed E-state index contributed by atoms with van der Waals surface area (Å²) in [5.74, 6) is -0.135. The summed E-state index contributed by atoms with van der Waals surface area (Å²) >= 11 is 0. The average molecular weight is 448 g/mol. The Morgan fingerprint density at radius 2 is 1.64 bits per heavy atom. The van der Waals surface area contributed by atoms with Gasteiger partial charge in [-0.05, 0) is 47.4 Å². The van der Waals surface area contributed by atoms with Crippen molar-refractivity contribution in [2.75, 3.05) is 5.32 Å². The Bertz CT molecular complexity index is 1020. The van der Waals surface area contributed by atoms with Crippen LogP contribution in [0.1, 0.15) is 50.3 Å². The molecule has 0 bridgehead atoms. The molecule has 2 N–H and O–H groups in total. The fourth-order valence-corrected chi connectivity index (χ4v) is 5.44. The van der Waals surface area contributed by atoms with Gasteiger partial charge >= 0.3 is 0 Å². The average Bonchev–Trinajstić information content (AvgIpc) is 3.23. The number of hydrogen-bond donors (Lipinski definition) is 2. The van der Waals surface area contributed by atoms with E-state index in [-0.39, 0.29) is 29.6 Å². The van der Waals surface area contributed by atoms with Crippen LogP contribution in [0.3, 0.4) is 0 Å². The molecule has 2 atom stereocenters. The maximum Gasteiger partial charge on any atom is 0.246 e. The molecule has 2 aromatic rings. The second-order valence-corrected chi connectivity index (χ2v) is 9.25. The second-order valence-electron chi connectivity index (χ2n) is 9.25. The highest BCUT2D eigenvalue weighted by molar-refractivity contribution is 5.97. The van der Waals surface area contributed by atoms with E-state index in [1.165, 1.54) is 18.1 Å². The third-order valence-electron chi connectivity index (χ3n) is 7.17. The van der Waals surface area contributed by atoms with Gasteiger partial charge in [-0.2, -0.15) is 0 Å². The minimum atomic E-state index is -0.538. The standard InChI is InChI=1S/C27H33N3O3/c1-4-18(5-2)25-26(32)29-24(22-14-19-10-6-7-11-20(19)15-22)27(33)30(25)16-21-12-8-9-13-23(21)28-17(3)31/h6-13,18,22,24-25H,4-5,14-16H2,1-3H3,(H,28,31)(H,29,32). The van der Waals surface area contributed by atoms with Crippen molar-refractivity contribution in [1.29, 1.82) is 0 Å². The molecule has 2 aliphatic rings. The summed E-state index contributed by atoms with van der Waals surface area (Å²) in [4.78, 5) is 40.8. The summed E-state index contributed by atoms with van der Waals surface area (Å²) in [5, 5.41) is 5.97. The van der Waals surface area contributed by atoms with Crippen LogP contribution < -0.4 is 10.6 Å². The third kappa shape index (κ3) is 4.65. The Morgan fingerprint density at radius 1 is 1.03 bits per heavy atom. The van der Waals surface area contributed by atoms with Gasteiger partial charge in [0.1, 0.15) is 12.1 Å². The molecule has 0 radical (unpaired) electrons. The number of piperazine rings is 1. The van der Waals surface area contributed by atoms with E-state index in [2.05, 4.69) is 36.6 Å². The van der Waals surface area contributed by atoms with Crippen molar-refractivity contribution in [1.82, 2.24) is 10.2 Å². The van der Waals surface area contributed by atoms with Crippen molar-refractivity contribution in [3.05, 3.63) is 65.2 Å². The molecule has 0 aromatic heterocycles. The molecule has 6 heteroatoms. The van der Waals surface area contributed by atoms with Crippen LogP contribution in [0, 0.1) is 11.8 Å². The van der Waals surface area contributed by atoms with Crippen LogP contribution in [-0.2, 0) is 33.8 Å².